The number of hydrogen-bond donors (Lipinski definition) is 1. The number of nitrogens with one attached hydrogen (secondary N) is 1. The van der Waals surface area contributed by atoms with Crippen molar-refractivity contribution in [2.75, 3.05) is 37.6 Å². The zero-order valence-electron chi connectivity index (χ0n) is 17.5. The van der Waals surface area contributed by atoms with E-state index in [-0.39, 0.29) is 19.5 Å². The van der Waals surface area contributed by atoms with E-state index in [4.69, 9.17) is 0 Å². The molecular formula is C22H22F5N5O. The fourth-order valence-electron chi connectivity index (χ4n) is 4.67. The van der Waals surface area contributed by atoms with Gasteiger partial charge in [0.2, 0.25) is 0 Å². The lowest BCUT2D eigenvalue weighted by atomic mass is 9.92. The van der Waals surface area contributed by atoms with E-state index in [1.54, 1.807) is 23.2 Å². The molecule has 5 rings (SSSR count). The molecule has 11 heteroatoms. The van der Waals surface area contributed by atoms with Crippen molar-refractivity contribution in [2.24, 2.45) is 10.9 Å². The van der Waals surface area contributed by atoms with Crippen LogP contribution in [0, 0.1) is 5.92 Å². The molecule has 0 aliphatic carbocycles. The number of piperidine rings is 1. The zero-order valence-corrected chi connectivity index (χ0v) is 17.5. The maximum absolute atomic E-state index is 13.8. The summed E-state index contributed by atoms with van der Waals surface area (Å²) in [5.74, 6) is -1.67. The fraction of sp³-hybridized carbons (Fsp3) is 0.500. The normalized spacial score (nSPS) is 27.6. The summed E-state index contributed by atoms with van der Waals surface area (Å²) in [4.78, 5) is 23.7. The second-order valence-corrected chi connectivity index (χ2v) is 8.76. The van der Waals surface area contributed by atoms with Crippen LogP contribution in [0.2, 0.25) is 0 Å². The molecule has 3 aliphatic heterocycles. The summed E-state index contributed by atoms with van der Waals surface area (Å²) in [7, 11) is 0. The molecule has 0 bridgehead atoms. The molecular weight excluding hydrogens is 445 g/mol. The van der Waals surface area contributed by atoms with Crippen LogP contribution in [0.15, 0.2) is 35.5 Å². The minimum Gasteiger partial charge on any atom is -0.368 e. The van der Waals surface area contributed by atoms with Gasteiger partial charge in [-0.15, -0.1) is 0 Å². The quantitative estimate of drug-likeness (QED) is 0.704. The summed E-state index contributed by atoms with van der Waals surface area (Å²) in [5, 5.41) is 3.27. The Kier molecular flexibility index (Phi) is 5.37. The van der Waals surface area contributed by atoms with E-state index in [1.807, 2.05) is 12.1 Å². The zero-order chi connectivity index (χ0) is 23.3. The molecule has 0 spiro atoms. The highest BCUT2D eigenvalue weighted by Crippen LogP contribution is 2.38. The summed E-state index contributed by atoms with van der Waals surface area (Å²) in [6, 6.07) is 5.52. The van der Waals surface area contributed by atoms with E-state index in [9.17, 15) is 26.7 Å². The van der Waals surface area contributed by atoms with Gasteiger partial charge in [0, 0.05) is 42.0 Å². The molecule has 1 N–H and O–H groups in total. The Morgan fingerprint density at radius 3 is 2.45 bits per heavy atom. The lowest BCUT2D eigenvalue weighted by molar-refractivity contribution is -0.177. The Morgan fingerprint density at radius 1 is 1.06 bits per heavy atom. The van der Waals surface area contributed by atoms with Crippen LogP contribution in [0.5, 0.6) is 0 Å². The van der Waals surface area contributed by atoms with Crippen molar-refractivity contribution in [3.63, 3.8) is 0 Å². The molecule has 6 nitrogen and oxygen atoms in total. The topological polar surface area (TPSA) is 60.8 Å². The van der Waals surface area contributed by atoms with Crippen LogP contribution >= 0.6 is 0 Å². The van der Waals surface area contributed by atoms with Gasteiger partial charge in [0.1, 0.15) is 0 Å². The smallest absolute Gasteiger partial charge is 0.368 e. The number of urea groups is 1. The average Bonchev–Trinajstić information content (AvgIpc) is 3.56. The number of benzene rings is 1. The largest absolute Gasteiger partial charge is 0.393 e. The van der Waals surface area contributed by atoms with Gasteiger partial charge in [-0.3, -0.25) is 9.98 Å². The monoisotopic (exact) mass is 467 g/mol. The number of aliphatic imine (C=N–C) groups is 1. The lowest BCUT2D eigenvalue weighted by Crippen LogP contribution is -2.56. The minimum absolute atomic E-state index is 0.133. The molecule has 2 fully saturated rings. The summed E-state index contributed by atoms with van der Waals surface area (Å²) in [6.07, 6.45) is -6.70. The fourth-order valence-corrected chi connectivity index (χ4v) is 4.67. The van der Waals surface area contributed by atoms with Crippen molar-refractivity contribution in [3.05, 3.63) is 36.0 Å². The van der Waals surface area contributed by atoms with E-state index in [0.29, 0.717) is 23.1 Å². The first-order valence-electron chi connectivity index (χ1n) is 10.8. The molecule has 33 heavy (non-hydrogen) atoms. The van der Waals surface area contributed by atoms with Crippen molar-refractivity contribution >= 4 is 28.3 Å². The molecule has 3 aliphatic rings. The molecule has 4 heterocycles. The molecule has 0 radical (unpaired) electrons. The van der Waals surface area contributed by atoms with E-state index in [2.05, 4.69) is 15.3 Å². The Morgan fingerprint density at radius 2 is 1.79 bits per heavy atom. The molecule has 2 aromatic rings. The van der Waals surface area contributed by atoms with Crippen LogP contribution in [0.3, 0.4) is 0 Å². The van der Waals surface area contributed by atoms with E-state index >= 15 is 0 Å². The van der Waals surface area contributed by atoms with Crippen molar-refractivity contribution in [2.45, 2.75) is 31.0 Å². The van der Waals surface area contributed by atoms with Crippen LogP contribution in [0.25, 0.3) is 10.9 Å². The highest BCUT2D eigenvalue weighted by atomic mass is 19.4. The molecule has 2 saturated heterocycles. The number of nitrogens with zero attached hydrogens (tertiary/aromatic N) is 4. The van der Waals surface area contributed by atoms with Gasteiger partial charge in [0.25, 0.3) is 0 Å². The van der Waals surface area contributed by atoms with Gasteiger partial charge >= 0.3 is 12.2 Å². The van der Waals surface area contributed by atoms with Crippen molar-refractivity contribution in [1.82, 2.24) is 15.2 Å². The van der Waals surface area contributed by atoms with Crippen molar-refractivity contribution in [1.29, 1.82) is 0 Å². The van der Waals surface area contributed by atoms with Crippen LogP contribution in [0.4, 0.5) is 32.4 Å². The van der Waals surface area contributed by atoms with E-state index in [0.717, 1.165) is 16.2 Å². The van der Waals surface area contributed by atoms with Crippen LogP contribution in [0.1, 0.15) is 12.0 Å². The van der Waals surface area contributed by atoms with Gasteiger partial charge < -0.3 is 15.1 Å². The molecule has 1 aromatic carbocycles. The minimum atomic E-state index is -4.46. The number of anilines is 1. The first-order chi connectivity index (χ1) is 15.7. The Labute approximate surface area is 186 Å². The summed E-state index contributed by atoms with van der Waals surface area (Å²) in [6.45, 7) is -0.325. The maximum Gasteiger partial charge on any atom is 0.393 e. The number of hydrogen-bond acceptors (Lipinski definition) is 4. The Balaban J connectivity index is 1.42. The number of amides is 2. The number of halogens is 5. The first-order valence-corrected chi connectivity index (χ1v) is 10.8. The molecule has 0 unspecified atom stereocenters. The number of likely N-dealkylation sites (tertiary alicyclic amines) is 1. The van der Waals surface area contributed by atoms with Gasteiger partial charge in [0.15, 0.2) is 12.3 Å². The number of alkyl halides is 5. The number of rotatable bonds is 3. The van der Waals surface area contributed by atoms with Crippen molar-refractivity contribution in [3.8, 4) is 0 Å². The second-order valence-electron chi connectivity index (χ2n) is 8.76. The van der Waals surface area contributed by atoms with Gasteiger partial charge in [-0.1, -0.05) is 0 Å². The highest BCUT2D eigenvalue weighted by molar-refractivity contribution is 6.18. The summed E-state index contributed by atoms with van der Waals surface area (Å²) < 4.78 is 68.2. The predicted molar refractivity (Wildman–Crippen MR) is 113 cm³/mol. The van der Waals surface area contributed by atoms with Crippen LogP contribution in [-0.2, 0) is 0 Å². The van der Waals surface area contributed by atoms with Gasteiger partial charge in [-0.05, 0) is 30.7 Å². The third-order valence-electron chi connectivity index (χ3n) is 6.42. The third-order valence-corrected chi connectivity index (χ3v) is 6.42. The SMILES string of the molecule is O=C(N[C@@H]1C[C@H](C(F)(F)F)CN(c2ccc(C3=NC3)c3ncccc23)C1)N1C[C@@H](F)[C@@H](F)C1. The molecule has 1 aromatic heterocycles. The maximum atomic E-state index is 13.8. The number of fused-ring (bicyclic) bond motifs is 1. The highest BCUT2D eigenvalue weighted by Gasteiger charge is 2.46. The van der Waals surface area contributed by atoms with Gasteiger partial charge in [-0.2, -0.15) is 13.2 Å². The summed E-state index contributed by atoms with van der Waals surface area (Å²) in [5.41, 5.74) is 3.02. The standard InChI is InChI=1S/C22H22F5N5O/c23-16-10-32(11-17(16)24)21(33)30-13-6-12(22(25,26)27)8-31(9-13)19-4-3-14(18-7-29-18)20-15(19)2-1-5-28-20/h1-5,12-13,16-17H,6-11H2,(H,30,33)/t12-,13+,16-,17+/m0/s1. The molecule has 176 valence electrons. The van der Waals surface area contributed by atoms with Crippen LogP contribution < -0.4 is 10.2 Å². The number of carbonyl (C=O) groups excluding carboxylic acids is 1. The number of aromatic nitrogens is 1. The van der Waals surface area contributed by atoms with E-state index in [1.165, 1.54) is 0 Å². The van der Waals surface area contributed by atoms with Crippen LogP contribution in [-0.4, -0.2) is 78.9 Å². The third kappa shape index (κ3) is 4.32. The first kappa shape index (κ1) is 21.8. The van der Waals surface area contributed by atoms with Gasteiger partial charge in [-0.25, -0.2) is 13.6 Å². The van der Waals surface area contributed by atoms with E-state index < -0.39 is 49.6 Å². The second kappa shape index (κ2) is 8.11. The Hall–Kier alpha value is -2.98. The van der Waals surface area contributed by atoms with Crippen molar-refractivity contribution < 1.29 is 26.7 Å². The lowest BCUT2D eigenvalue weighted by Gasteiger charge is -2.40. The average molecular weight is 467 g/mol. The molecule has 2 amide bonds. The summed E-state index contributed by atoms with van der Waals surface area (Å²) >= 11 is 0. The van der Waals surface area contributed by atoms with Gasteiger partial charge in [0.05, 0.1) is 36.8 Å². The molecule has 0 saturated carbocycles. The molecule has 4 atom stereocenters. The number of pyridine rings is 1. The Bertz CT molecular complexity index is 1100. The predicted octanol–water partition coefficient (Wildman–Crippen LogP) is 3.50. The number of carbonyl (C=O) groups is 1.